The summed E-state index contributed by atoms with van der Waals surface area (Å²) in [4.78, 5) is 31.9. The fourth-order valence-electron chi connectivity index (χ4n) is 4.79. The lowest BCUT2D eigenvalue weighted by Gasteiger charge is -2.20. The Hall–Kier alpha value is -3.62. The Morgan fingerprint density at radius 2 is 1.74 bits per heavy atom. The van der Waals surface area contributed by atoms with Crippen LogP contribution in [0.2, 0.25) is 0 Å². The number of Topliss-reactive ketones (excluding diaryl/α,β-unsaturated/α-hetero) is 1. The Morgan fingerprint density at radius 1 is 1.05 bits per heavy atom. The number of nitrogens with zero attached hydrogens (tertiary/aromatic N) is 3. The second kappa shape index (κ2) is 11.6. The van der Waals surface area contributed by atoms with Gasteiger partial charge in [0.25, 0.3) is 5.91 Å². The summed E-state index contributed by atoms with van der Waals surface area (Å²) in [6.07, 6.45) is 0. The summed E-state index contributed by atoms with van der Waals surface area (Å²) >= 11 is 1.58. The maximum absolute atomic E-state index is 13.8. The fourth-order valence-corrected chi connectivity index (χ4v) is 8.13. The number of thioether (sulfide) groups is 1. The number of rotatable bonds is 7. The van der Waals surface area contributed by atoms with E-state index in [0.717, 1.165) is 49.6 Å². The van der Waals surface area contributed by atoms with Crippen LogP contribution in [0.4, 0.5) is 11.4 Å². The van der Waals surface area contributed by atoms with Gasteiger partial charge in [-0.05, 0) is 60.8 Å². The maximum Gasteiger partial charge on any atom is 0.264 e. The molecule has 2 aliphatic rings. The summed E-state index contributed by atoms with van der Waals surface area (Å²) in [5, 5.41) is 4.30. The van der Waals surface area contributed by atoms with Crippen LogP contribution in [-0.2, 0) is 22.0 Å². The van der Waals surface area contributed by atoms with Gasteiger partial charge in [-0.15, -0.1) is 0 Å². The summed E-state index contributed by atoms with van der Waals surface area (Å²) in [6.45, 7) is 7.01. The van der Waals surface area contributed by atoms with Gasteiger partial charge in [-0.2, -0.15) is 0 Å². The summed E-state index contributed by atoms with van der Waals surface area (Å²) < 4.78 is 5.27. The van der Waals surface area contributed by atoms with Gasteiger partial charge in [-0.1, -0.05) is 72.4 Å². The van der Waals surface area contributed by atoms with Crippen LogP contribution in [0, 0.1) is 0 Å². The number of hydrogen-bond donors (Lipinski definition) is 1. The summed E-state index contributed by atoms with van der Waals surface area (Å²) in [7, 11) is 1.29. The van der Waals surface area contributed by atoms with E-state index in [4.69, 9.17) is 4.36 Å². The minimum Gasteiger partial charge on any atom is -0.384 e. The van der Waals surface area contributed by atoms with Crippen LogP contribution in [0.15, 0.2) is 98.1 Å². The molecule has 1 fully saturated rings. The normalized spacial score (nSPS) is 19.4. The second-order valence-electron chi connectivity index (χ2n) is 9.42. The van der Waals surface area contributed by atoms with Crippen LogP contribution >= 0.6 is 11.8 Å². The van der Waals surface area contributed by atoms with E-state index in [1.54, 1.807) is 18.7 Å². The van der Waals surface area contributed by atoms with E-state index in [9.17, 15) is 9.59 Å². The number of allylic oxidation sites excluding steroid dienone is 1. The van der Waals surface area contributed by atoms with Crippen molar-refractivity contribution in [3.8, 4) is 0 Å². The second-order valence-corrected chi connectivity index (χ2v) is 12.1. The fraction of sp³-hybridized carbons (Fsp3) is 0.226. The number of amides is 1. The Kier molecular flexibility index (Phi) is 8.04. The minimum atomic E-state index is -0.738. The highest BCUT2D eigenvalue weighted by Gasteiger charge is 2.38. The molecular formula is C31H32N4O2S2. The van der Waals surface area contributed by atoms with E-state index >= 15 is 0 Å². The van der Waals surface area contributed by atoms with Gasteiger partial charge in [-0.3, -0.25) is 9.59 Å². The minimum absolute atomic E-state index is 0.00438. The zero-order chi connectivity index (χ0) is 27.5. The lowest BCUT2D eigenvalue weighted by Crippen LogP contribution is -2.26. The van der Waals surface area contributed by atoms with Crippen molar-refractivity contribution in [2.45, 2.75) is 27.3 Å². The molecule has 6 nitrogen and oxygen atoms in total. The van der Waals surface area contributed by atoms with E-state index < -0.39 is 10.7 Å². The molecule has 3 aromatic rings. The van der Waals surface area contributed by atoms with Crippen molar-refractivity contribution in [1.29, 1.82) is 0 Å². The third-order valence-electron chi connectivity index (χ3n) is 6.71. The molecule has 1 N–H and O–H groups in total. The predicted octanol–water partition coefficient (Wildman–Crippen LogP) is 6.99. The number of carbonyl (C=O) groups is 2. The number of hydrogen-bond acceptors (Lipinski definition) is 6. The first kappa shape index (κ1) is 27.0. The van der Waals surface area contributed by atoms with Crippen LogP contribution in [0.1, 0.15) is 42.3 Å². The molecule has 1 amide bonds. The molecule has 0 radical (unpaired) electrons. The first-order valence-electron chi connectivity index (χ1n) is 12.9. The van der Waals surface area contributed by atoms with Crippen molar-refractivity contribution >= 4 is 51.2 Å². The summed E-state index contributed by atoms with van der Waals surface area (Å²) in [6, 6.07) is 25.9. The molecule has 8 heteroatoms. The van der Waals surface area contributed by atoms with Gasteiger partial charge in [0.15, 0.2) is 5.78 Å². The Balaban J connectivity index is 1.65. The average Bonchev–Trinajstić information content (AvgIpc) is 3.40. The number of carbonyl (C=O) groups excluding carboxylic acids is 2. The Labute approximate surface area is 236 Å². The van der Waals surface area contributed by atoms with E-state index in [1.807, 2.05) is 85.6 Å². The zero-order valence-electron chi connectivity index (χ0n) is 22.6. The largest absolute Gasteiger partial charge is 0.384 e. The van der Waals surface area contributed by atoms with Gasteiger partial charge >= 0.3 is 0 Å². The molecule has 200 valence electrons. The first-order valence-corrected chi connectivity index (χ1v) is 15.1. The molecule has 0 bridgehead atoms. The third-order valence-corrected chi connectivity index (χ3v) is 9.94. The van der Waals surface area contributed by atoms with Gasteiger partial charge in [0, 0.05) is 30.6 Å². The zero-order valence-corrected chi connectivity index (χ0v) is 24.2. The van der Waals surface area contributed by atoms with Gasteiger partial charge in [0.05, 0.1) is 22.9 Å². The molecule has 5 rings (SSSR count). The molecule has 0 saturated carbocycles. The quantitative estimate of drug-likeness (QED) is 0.251. The van der Waals surface area contributed by atoms with Crippen molar-refractivity contribution < 1.29 is 9.59 Å². The third kappa shape index (κ3) is 5.44. The molecule has 0 aromatic heterocycles. The standard InChI is InChI=1S/C31H32N4O2S2/c1-5-32-26-17-16-25(21(2)36)18-27(26)33-39-22(3)28(24-14-10-7-11-15-24)34(4)31(39)29-30(37)35(20-38-29)19-23-12-8-6-9-13-23/h6-18,32H,5,19-20H2,1-4H3. The van der Waals surface area contributed by atoms with Gasteiger partial charge in [-0.25, -0.2) is 4.36 Å². The van der Waals surface area contributed by atoms with E-state index in [-0.39, 0.29) is 11.7 Å². The number of benzene rings is 3. The van der Waals surface area contributed by atoms with Crippen molar-refractivity contribution in [1.82, 2.24) is 9.80 Å². The highest BCUT2D eigenvalue weighted by molar-refractivity contribution is 8.05. The number of ketones is 1. The average molecular weight is 557 g/mol. The van der Waals surface area contributed by atoms with E-state index in [0.29, 0.717) is 18.0 Å². The van der Waals surface area contributed by atoms with E-state index in [1.165, 1.54) is 0 Å². The summed E-state index contributed by atoms with van der Waals surface area (Å²) in [5.41, 5.74) is 5.47. The highest BCUT2D eigenvalue weighted by atomic mass is 32.2. The lowest BCUT2D eigenvalue weighted by atomic mass is 10.1. The lowest BCUT2D eigenvalue weighted by molar-refractivity contribution is -0.125. The maximum atomic E-state index is 13.8. The topological polar surface area (TPSA) is 65.0 Å². The first-order chi connectivity index (χ1) is 18.9. The molecule has 1 saturated heterocycles. The van der Waals surface area contributed by atoms with Crippen LogP contribution in [0.3, 0.4) is 0 Å². The number of anilines is 1. The van der Waals surface area contributed by atoms with Crippen LogP contribution in [0.25, 0.3) is 5.70 Å². The molecule has 3 aromatic carbocycles. The Morgan fingerprint density at radius 3 is 2.41 bits per heavy atom. The SMILES string of the molecule is CCNc1ccc(C(C)=O)cc1N=S1C(C)=C(c2ccccc2)N(C)C1=C1SCN(Cc2ccccc2)C1=O. The molecule has 1 atom stereocenters. The molecule has 2 heterocycles. The van der Waals surface area contributed by atoms with Crippen LogP contribution in [-0.4, -0.2) is 41.0 Å². The molecule has 1 unspecified atom stereocenters. The Bertz CT molecular complexity index is 1510. The van der Waals surface area contributed by atoms with Gasteiger partial charge < -0.3 is 15.1 Å². The number of nitrogens with one attached hydrogen (secondary N) is 1. The molecule has 0 spiro atoms. The van der Waals surface area contributed by atoms with Crippen LogP contribution < -0.4 is 5.32 Å². The van der Waals surface area contributed by atoms with Gasteiger partial charge in [0.2, 0.25) is 0 Å². The van der Waals surface area contributed by atoms with Crippen LogP contribution in [0.5, 0.6) is 0 Å². The smallest absolute Gasteiger partial charge is 0.264 e. The van der Waals surface area contributed by atoms with E-state index in [2.05, 4.69) is 29.3 Å². The molecule has 2 aliphatic heterocycles. The van der Waals surface area contributed by atoms with Gasteiger partial charge in [0.1, 0.15) is 9.93 Å². The molecular weight excluding hydrogens is 525 g/mol. The van der Waals surface area contributed by atoms with Crippen molar-refractivity contribution in [3.63, 3.8) is 0 Å². The predicted molar refractivity (Wildman–Crippen MR) is 163 cm³/mol. The van der Waals surface area contributed by atoms with Crippen molar-refractivity contribution in [2.75, 3.05) is 24.8 Å². The highest BCUT2D eigenvalue weighted by Crippen LogP contribution is 2.45. The molecule has 0 aliphatic carbocycles. The van der Waals surface area contributed by atoms with Crippen molar-refractivity contribution in [3.05, 3.63) is 110 Å². The molecule has 39 heavy (non-hydrogen) atoms. The monoisotopic (exact) mass is 556 g/mol. The summed E-state index contributed by atoms with van der Waals surface area (Å²) in [5.74, 6) is 0.625. The van der Waals surface area contributed by atoms with Crippen molar-refractivity contribution in [2.24, 2.45) is 4.36 Å².